The van der Waals surface area contributed by atoms with E-state index in [2.05, 4.69) is 31.9 Å². The van der Waals surface area contributed by atoms with E-state index in [0.29, 0.717) is 36.0 Å². The quantitative estimate of drug-likeness (QED) is 0.339. The number of benzene rings is 3. The van der Waals surface area contributed by atoms with Crippen LogP contribution in [-0.2, 0) is 18.0 Å². The van der Waals surface area contributed by atoms with E-state index in [9.17, 15) is 4.79 Å². The van der Waals surface area contributed by atoms with E-state index in [0.717, 1.165) is 31.2 Å². The Morgan fingerprint density at radius 2 is 1.88 bits per heavy atom. The highest BCUT2D eigenvalue weighted by molar-refractivity contribution is 9.10. The average Bonchev–Trinajstić information content (AvgIpc) is 3.08. The van der Waals surface area contributed by atoms with Gasteiger partial charge in [0.15, 0.2) is 12.6 Å². The van der Waals surface area contributed by atoms with Gasteiger partial charge in [-0.25, -0.2) is 0 Å². The first-order valence-corrected chi connectivity index (χ1v) is 11.6. The molecule has 0 bridgehead atoms. The van der Waals surface area contributed by atoms with Gasteiger partial charge in [-0.15, -0.1) is 0 Å². The number of rotatable bonds is 4. The average molecular weight is 558 g/mol. The summed E-state index contributed by atoms with van der Waals surface area (Å²) in [7, 11) is 0. The van der Waals surface area contributed by atoms with E-state index < -0.39 is 0 Å². The summed E-state index contributed by atoms with van der Waals surface area (Å²) in [5.74, 6) is 1.95. The molecule has 0 spiro atoms. The van der Waals surface area contributed by atoms with E-state index in [1.807, 2.05) is 49.4 Å². The molecule has 0 N–H and O–H groups in total. The fourth-order valence-electron chi connectivity index (χ4n) is 3.77. The number of aryl methyl sites for hydroxylation is 1. The van der Waals surface area contributed by atoms with Crippen LogP contribution in [0.3, 0.4) is 0 Å². The normalized spacial score (nSPS) is 15.7. The minimum atomic E-state index is -0.155. The van der Waals surface area contributed by atoms with Crippen LogP contribution in [0.25, 0.3) is 6.08 Å². The second-order valence-electron chi connectivity index (χ2n) is 7.56. The van der Waals surface area contributed by atoms with Gasteiger partial charge < -0.3 is 18.9 Å². The first-order chi connectivity index (χ1) is 15.5. The molecule has 2 heterocycles. The number of carbonyl (C=O) groups is 1. The van der Waals surface area contributed by atoms with Crippen LogP contribution in [-0.4, -0.2) is 12.6 Å². The highest BCUT2D eigenvalue weighted by Gasteiger charge is 2.30. The van der Waals surface area contributed by atoms with Gasteiger partial charge in [-0.2, -0.15) is 0 Å². The highest BCUT2D eigenvalue weighted by Crippen LogP contribution is 2.39. The van der Waals surface area contributed by atoms with Gasteiger partial charge in [0.2, 0.25) is 5.78 Å². The van der Waals surface area contributed by atoms with Crippen molar-refractivity contribution >= 4 is 43.7 Å². The lowest BCUT2D eigenvalue weighted by atomic mass is 10.0. The highest BCUT2D eigenvalue weighted by atomic mass is 79.9. The Hall–Kier alpha value is -2.61. The standard InChI is InChI=1S/C25H18Br2O5/c1-14-6-20(30-11-15-2-4-18(26)5-3-15)10-21-23(14)24(28)22(32-21)9-16-7-19(27)8-17-12-29-13-31-25(16)17/h2-10H,11-13H2,1H3/b22-9-. The summed E-state index contributed by atoms with van der Waals surface area (Å²) in [6.45, 7) is 2.94. The predicted molar refractivity (Wildman–Crippen MR) is 127 cm³/mol. The maximum Gasteiger partial charge on any atom is 0.232 e. The summed E-state index contributed by atoms with van der Waals surface area (Å²) in [6.07, 6.45) is 1.72. The van der Waals surface area contributed by atoms with Crippen molar-refractivity contribution in [1.82, 2.24) is 0 Å². The molecule has 3 aromatic rings. The van der Waals surface area contributed by atoms with Crippen molar-refractivity contribution in [3.8, 4) is 17.2 Å². The molecule has 0 saturated heterocycles. The number of hydrogen-bond acceptors (Lipinski definition) is 5. The van der Waals surface area contributed by atoms with Crippen molar-refractivity contribution in [1.29, 1.82) is 0 Å². The predicted octanol–water partition coefficient (Wildman–Crippen LogP) is 6.58. The fourth-order valence-corrected chi connectivity index (χ4v) is 4.55. The van der Waals surface area contributed by atoms with Gasteiger partial charge in [-0.1, -0.05) is 44.0 Å². The van der Waals surface area contributed by atoms with Crippen molar-refractivity contribution in [2.75, 3.05) is 6.79 Å². The molecule has 7 heteroatoms. The minimum Gasteiger partial charge on any atom is -0.489 e. The molecule has 0 amide bonds. The number of Topliss-reactive ketones (excluding diaryl/α,β-unsaturated/α-hetero) is 1. The number of halogens is 2. The second-order valence-corrected chi connectivity index (χ2v) is 9.39. The maximum absolute atomic E-state index is 13.1. The molecule has 3 aromatic carbocycles. The Kier molecular flexibility index (Phi) is 5.80. The third-order valence-electron chi connectivity index (χ3n) is 5.25. The molecule has 32 heavy (non-hydrogen) atoms. The van der Waals surface area contributed by atoms with Crippen molar-refractivity contribution in [2.45, 2.75) is 20.1 Å². The Morgan fingerprint density at radius 1 is 1.06 bits per heavy atom. The van der Waals surface area contributed by atoms with Crippen LogP contribution in [0.4, 0.5) is 0 Å². The largest absolute Gasteiger partial charge is 0.489 e. The number of ether oxygens (including phenoxy) is 4. The molecule has 162 valence electrons. The molecule has 0 saturated carbocycles. The number of fused-ring (bicyclic) bond motifs is 2. The van der Waals surface area contributed by atoms with Gasteiger partial charge in [0.1, 0.15) is 23.9 Å². The molecule has 0 fully saturated rings. The molecule has 0 radical (unpaired) electrons. The Labute approximate surface area is 202 Å². The Bertz CT molecular complexity index is 1250. The van der Waals surface area contributed by atoms with Crippen LogP contribution in [0.1, 0.15) is 32.6 Å². The summed E-state index contributed by atoms with van der Waals surface area (Å²) >= 11 is 6.94. The van der Waals surface area contributed by atoms with E-state index in [1.54, 1.807) is 12.1 Å². The first-order valence-electron chi connectivity index (χ1n) is 9.97. The zero-order valence-corrected chi connectivity index (χ0v) is 20.3. The monoisotopic (exact) mass is 556 g/mol. The second kappa shape index (κ2) is 8.73. The molecule has 0 aromatic heterocycles. The lowest BCUT2D eigenvalue weighted by molar-refractivity contribution is -0.0165. The summed E-state index contributed by atoms with van der Waals surface area (Å²) in [5, 5.41) is 0. The lowest BCUT2D eigenvalue weighted by Crippen LogP contribution is -2.12. The van der Waals surface area contributed by atoms with Crippen molar-refractivity contribution in [2.24, 2.45) is 0 Å². The minimum absolute atomic E-state index is 0.155. The van der Waals surface area contributed by atoms with Crippen LogP contribution in [0.2, 0.25) is 0 Å². The smallest absolute Gasteiger partial charge is 0.232 e. The zero-order chi connectivity index (χ0) is 22.2. The number of hydrogen-bond donors (Lipinski definition) is 0. The third-order valence-corrected chi connectivity index (χ3v) is 6.24. The van der Waals surface area contributed by atoms with Crippen LogP contribution in [0.5, 0.6) is 17.2 Å². The van der Waals surface area contributed by atoms with Gasteiger partial charge in [0.05, 0.1) is 12.2 Å². The van der Waals surface area contributed by atoms with Gasteiger partial charge in [-0.05, 0) is 54.5 Å². The van der Waals surface area contributed by atoms with E-state index in [4.69, 9.17) is 18.9 Å². The van der Waals surface area contributed by atoms with Crippen LogP contribution < -0.4 is 14.2 Å². The van der Waals surface area contributed by atoms with Gasteiger partial charge >= 0.3 is 0 Å². The molecular formula is C25H18Br2O5. The summed E-state index contributed by atoms with van der Waals surface area (Å²) in [6, 6.07) is 15.4. The van der Waals surface area contributed by atoms with Gasteiger partial charge in [0.25, 0.3) is 0 Å². The first kappa shape index (κ1) is 21.2. The number of ketones is 1. The van der Waals surface area contributed by atoms with Crippen LogP contribution >= 0.6 is 31.9 Å². The maximum atomic E-state index is 13.1. The summed E-state index contributed by atoms with van der Waals surface area (Å²) < 4.78 is 24.8. The SMILES string of the molecule is Cc1cc(OCc2ccc(Br)cc2)cc2c1C(=O)/C(=C/c1cc(Br)cc3c1OCOC3)O2. The summed E-state index contributed by atoms with van der Waals surface area (Å²) in [4.78, 5) is 13.1. The fraction of sp³-hybridized carbons (Fsp3) is 0.160. The van der Waals surface area contributed by atoms with Crippen molar-refractivity contribution < 1.29 is 23.7 Å². The van der Waals surface area contributed by atoms with Crippen LogP contribution in [0, 0.1) is 6.92 Å². The molecule has 5 rings (SSSR count). The summed E-state index contributed by atoms with van der Waals surface area (Å²) in [5.41, 5.74) is 4.09. The molecular weight excluding hydrogens is 540 g/mol. The molecule has 2 aliphatic heterocycles. The Balaban J connectivity index is 1.42. The van der Waals surface area contributed by atoms with Crippen LogP contribution in [0.15, 0.2) is 63.2 Å². The third kappa shape index (κ3) is 4.20. The molecule has 2 aliphatic rings. The van der Waals surface area contributed by atoms with Gasteiger partial charge in [0, 0.05) is 26.1 Å². The Morgan fingerprint density at radius 3 is 2.69 bits per heavy atom. The molecule has 0 unspecified atom stereocenters. The molecule has 0 aliphatic carbocycles. The lowest BCUT2D eigenvalue weighted by Gasteiger charge is -2.20. The van der Waals surface area contributed by atoms with E-state index >= 15 is 0 Å². The van der Waals surface area contributed by atoms with E-state index in [1.165, 1.54) is 0 Å². The van der Waals surface area contributed by atoms with Crippen molar-refractivity contribution in [3.05, 3.63) is 91.1 Å². The zero-order valence-electron chi connectivity index (χ0n) is 17.1. The number of allylic oxidation sites excluding steroid dienone is 1. The van der Waals surface area contributed by atoms with Crippen molar-refractivity contribution in [3.63, 3.8) is 0 Å². The topological polar surface area (TPSA) is 54.0 Å². The molecule has 5 nitrogen and oxygen atoms in total. The van der Waals surface area contributed by atoms with Gasteiger partial charge in [-0.3, -0.25) is 4.79 Å². The van der Waals surface area contributed by atoms with E-state index in [-0.39, 0.29) is 18.3 Å². The number of carbonyl (C=O) groups excluding carboxylic acids is 1. The molecule has 0 atom stereocenters.